The molecular formula is C15H21N3O. The molecule has 0 heterocycles. The van der Waals surface area contributed by atoms with Crippen molar-refractivity contribution in [2.45, 2.75) is 38.8 Å². The average molecular weight is 259 g/mol. The van der Waals surface area contributed by atoms with Crippen molar-refractivity contribution in [3.63, 3.8) is 0 Å². The summed E-state index contributed by atoms with van der Waals surface area (Å²) in [6.07, 6.45) is 7.98. The summed E-state index contributed by atoms with van der Waals surface area (Å²) in [5.41, 5.74) is 8.74. The van der Waals surface area contributed by atoms with Crippen LogP contribution in [0.3, 0.4) is 0 Å². The second kappa shape index (κ2) is 6.38. The largest absolute Gasteiger partial charge is 0.409 e. The number of benzene rings is 1. The molecule has 4 heteroatoms. The first-order chi connectivity index (χ1) is 9.20. The fourth-order valence-corrected chi connectivity index (χ4v) is 2.34. The van der Waals surface area contributed by atoms with Crippen LogP contribution in [0.25, 0.3) is 0 Å². The summed E-state index contributed by atoms with van der Waals surface area (Å²) < 4.78 is 0. The van der Waals surface area contributed by atoms with Gasteiger partial charge in [-0.25, -0.2) is 0 Å². The third kappa shape index (κ3) is 3.58. The van der Waals surface area contributed by atoms with Crippen molar-refractivity contribution in [1.82, 2.24) is 5.32 Å². The van der Waals surface area contributed by atoms with Gasteiger partial charge in [0.25, 0.3) is 0 Å². The first kappa shape index (κ1) is 13.6. The minimum absolute atomic E-state index is 0.153. The molecule has 2 rings (SSSR count). The van der Waals surface area contributed by atoms with E-state index in [0.717, 1.165) is 24.1 Å². The second-order valence-corrected chi connectivity index (χ2v) is 4.99. The summed E-state index contributed by atoms with van der Waals surface area (Å²) >= 11 is 0. The maximum Gasteiger partial charge on any atom is 0.170 e. The van der Waals surface area contributed by atoms with Crippen molar-refractivity contribution < 1.29 is 5.21 Å². The minimum Gasteiger partial charge on any atom is -0.409 e. The van der Waals surface area contributed by atoms with Gasteiger partial charge in [0.15, 0.2) is 5.84 Å². The molecule has 19 heavy (non-hydrogen) atoms. The smallest absolute Gasteiger partial charge is 0.170 e. The summed E-state index contributed by atoms with van der Waals surface area (Å²) in [6, 6.07) is 6.45. The zero-order valence-corrected chi connectivity index (χ0v) is 11.3. The third-order valence-corrected chi connectivity index (χ3v) is 3.60. The van der Waals surface area contributed by atoms with Crippen LogP contribution in [0.2, 0.25) is 0 Å². The van der Waals surface area contributed by atoms with Crippen LogP contribution < -0.4 is 11.1 Å². The number of oxime groups is 1. The number of nitrogens with one attached hydrogen (secondary N) is 1. The van der Waals surface area contributed by atoms with Crippen LogP contribution in [-0.4, -0.2) is 17.1 Å². The van der Waals surface area contributed by atoms with Gasteiger partial charge >= 0.3 is 0 Å². The molecule has 0 amide bonds. The standard InChI is InChI=1S/C15H21N3O/c1-11-9-12(15(16)18-19)7-8-13(11)10-17-14-5-3-2-4-6-14/h2-3,7-9,14,17,19H,4-6,10H2,1H3,(H2,16,18). The maximum atomic E-state index is 8.67. The minimum atomic E-state index is 0.153. The highest BCUT2D eigenvalue weighted by Crippen LogP contribution is 2.14. The molecule has 0 aliphatic heterocycles. The van der Waals surface area contributed by atoms with Gasteiger partial charge in [0.2, 0.25) is 0 Å². The zero-order chi connectivity index (χ0) is 13.7. The van der Waals surface area contributed by atoms with Gasteiger partial charge < -0.3 is 16.3 Å². The Balaban J connectivity index is 1.99. The number of rotatable bonds is 4. The predicted octanol–water partition coefficient (Wildman–Crippen LogP) is 2.29. The molecule has 1 atom stereocenters. The molecular weight excluding hydrogens is 238 g/mol. The van der Waals surface area contributed by atoms with Gasteiger partial charge in [-0.05, 0) is 43.4 Å². The molecule has 0 saturated carbocycles. The average Bonchev–Trinajstić information content (AvgIpc) is 2.46. The molecule has 4 N–H and O–H groups in total. The lowest BCUT2D eigenvalue weighted by molar-refractivity contribution is 0.318. The van der Waals surface area contributed by atoms with E-state index < -0.39 is 0 Å². The van der Waals surface area contributed by atoms with Crippen LogP contribution in [0.4, 0.5) is 0 Å². The molecule has 0 spiro atoms. The van der Waals surface area contributed by atoms with E-state index in [-0.39, 0.29) is 5.84 Å². The quantitative estimate of drug-likeness (QED) is 0.255. The van der Waals surface area contributed by atoms with Crippen molar-refractivity contribution in [2.75, 3.05) is 0 Å². The number of hydrogen-bond donors (Lipinski definition) is 3. The summed E-state index contributed by atoms with van der Waals surface area (Å²) in [5.74, 6) is 0.153. The Morgan fingerprint density at radius 2 is 2.32 bits per heavy atom. The molecule has 0 saturated heterocycles. The van der Waals surface area contributed by atoms with E-state index in [0.29, 0.717) is 6.04 Å². The van der Waals surface area contributed by atoms with E-state index >= 15 is 0 Å². The highest BCUT2D eigenvalue weighted by Gasteiger charge is 2.10. The second-order valence-electron chi connectivity index (χ2n) is 4.99. The van der Waals surface area contributed by atoms with E-state index in [1.54, 1.807) is 0 Å². The van der Waals surface area contributed by atoms with E-state index in [2.05, 4.69) is 22.6 Å². The van der Waals surface area contributed by atoms with Crippen molar-refractivity contribution in [1.29, 1.82) is 0 Å². The summed E-state index contributed by atoms with van der Waals surface area (Å²) in [6.45, 7) is 2.91. The lowest BCUT2D eigenvalue weighted by atomic mass is 10.0. The molecule has 1 aliphatic carbocycles. The zero-order valence-electron chi connectivity index (χ0n) is 11.3. The van der Waals surface area contributed by atoms with Crippen molar-refractivity contribution in [3.05, 3.63) is 47.0 Å². The number of hydrogen-bond acceptors (Lipinski definition) is 3. The number of amidine groups is 1. The Hall–Kier alpha value is -1.81. The summed E-state index contributed by atoms with van der Waals surface area (Å²) in [5, 5.41) is 15.3. The van der Waals surface area contributed by atoms with E-state index in [4.69, 9.17) is 10.9 Å². The van der Waals surface area contributed by atoms with Gasteiger partial charge in [0.05, 0.1) is 0 Å². The first-order valence-corrected chi connectivity index (χ1v) is 6.66. The van der Waals surface area contributed by atoms with Gasteiger partial charge in [0.1, 0.15) is 0 Å². The molecule has 0 fully saturated rings. The van der Waals surface area contributed by atoms with E-state index in [1.165, 1.54) is 18.4 Å². The van der Waals surface area contributed by atoms with Crippen LogP contribution in [-0.2, 0) is 6.54 Å². The molecule has 0 radical (unpaired) electrons. The topological polar surface area (TPSA) is 70.6 Å². The molecule has 0 bridgehead atoms. The first-order valence-electron chi connectivity index (χ1n) is 6.66. The Morgan fingerprint density at radius 3 is 2.95 bits per heavy atom. The molecule has 1 aromatic rings. The van der Waals surface area contributed by atoms with Crippen molar-refractivity contribution in [3.8, 4) is 0 Å². The predicted molar refractivity (Wildman–Crippen MR) is 77.3 cm³/mol. The highest BCUT2D eigenvalue weighted by atomic mass is 16.4. The van der Waals surface area contributed by atoms with Crippen LogP contribution in [0.1, 0.15) is 36.0 Å². The Bertz CT molecular complexity index is 494. The lowest BCUT2D eigenvalue weighted by Crippen LogP contribution is -2.29. The Kier molecular flexibility index (Phi) is 4.58. The Labute approximate surface area is 114 Å². The summed E-state index contributed by atoms with van der Waals surface area (Å²) in [4.78, 5) is 0. The van der Waals surface area contributed by atoms with Crippen LogP contribution in [0.15, 0.2) is 35.5 Å². The normalized spacial score (nSPS) is 19.6. The molecule has 1 unspecified atom stereocenters. The van der Waals surface area contributed by atoms with Crippen molar-refractivity contribution >= 4 is 5.84 Å². The molecule has 4 nitrogen and oxygen atoms in total. The van der Waals surface area contributed by atoms with E-state index in [9.17, 15) is 0 Å². The number of nitrogens with zero attached hydrogens (tertiary/aromatic N) is 1. The van der Waals surface area contributed by atoms with Gasteiger partial charge in [0, 0.05) is 18.2 Å². The van der Waals surface area contributed by atoms with Crippen LogP contribution in [0, 0.1) is 6.92 Å². The molecule has 1 aromatic carbocycles. The number of aryl methyl sites for hydroxylation is 1. The van der Waals surface area contributed by atoms with Gasteiger partial charge in [-0.2, -0.15) is 0 Å². The van der Waals surface area contributed by atoms with Gasteiger partial charge in [-0.1, -0.05) is 29.4 Å². The summed E-state index contributed by atoms with van der Waals surface area (Å²) in [7, 11) is 0. The van der Waals surface area contributed by atoms with Crippen LogP contribution >= 0.6 is 0 Å². The number of allylic oxidation sites excluding steroid dienone is 1. The molecule has 102 valence electrons. The fourth-order valence-electron chi connectivity index (χ4n) is 2.34. The fraction of sp³-hybridized carbons (Fsp3) is 0.400. The monoisotopic (exact) mass is 259 g/mol. The Morgan fingerprint density at radius 1 is 1.47 bits per heavy atom. The SMILES string of the molecule is Cc1cc(/C(N)=N/O)ccc1CNC1CC=CCC1. The maximum absolute atomic E-state index is 8.67. The lowest BCUT2D eigenvalue weighted by Gasteiger charge is -2.20. The molecule has 0 aromatic heterocycles. The van der Waals surface area contributed by atoms with Gasteiger partial charge in [-0.15, -0.1) is 0 Å². The van der Waals surface area contributed by atoms with Gasteiger partial charge in [-0.3, -0.25) is 0 Å². The molecule has 1 aliphatic rings. The van der Waals surface area contributed by atoms with E-state index in [1.807, 2.05) is 25.1 Å². The van der Waals surface area contributed by atoms with Crippen molar-refractivity contribution in [2.24, 2.45) is 10.9 Å². The number of nitrogens with two attached hydrogens (primary N) is 1. The third-order valence-electron chi connectivity index (χ3n) is 3.60. The van der Waals surface area contributed by atoms with Crippen LogP contribution in [0.5, 0.6) is 0 Å². The highest BCUT2D eigenvalue weighted by molar-refractivity contribution is 5.97.